The van der Waals surface area contributed by atoms with Crippen LogP contribution >= 0.6 is 11.3 Å². The van der Waals surface area contributed by atoms with E-state index in [0.29, 0.717) is 30.7 Å². The number of nitrogens with zero attached hydrogens (tertiary/aromatic N) is 3. The van der Waals surface area contributed by atoms with Crippen molar-refractivity contribution in [2.24, 2.45) is 5.92 Å². The summed E-state index contributed by atoms with van der Waals surface area (Å²) in [4.78, 5) is 12.4. The lowest BCUT2D eigenvalue weighted by molar-refractivity contribution is -0.142. The van der Waals surface area contributed by atoms with Crippen LogP contribution in [0.2, 0.25) is 0 Å². The molecule has 0 aliphatic carbocycles. The van der Waals surface area contributed by atoms with Crippen LogP contribution in [0.4, 0.5) is 18.3 Å². The SMILES string of the molecule is O=C(O)C1CCCN(c2nnc(C(F)(F)F)s2)C1. The fraction of sp³-hybridized carbons (Fsp3) is 0.667. The number of aromatic nitrogens is 2. The molecule has 1 N–H and O–H groups in total. The molecule has 2 rings (SSSR count). The molecule has 0 amide bonds. The van der Waals surface area contributed by atoms with E-state index in [-0.39, 0.29) is 11.7 Å². The van der Waals surface area contributed by atoms with Gasteiger partial charge in [-0.3, -0.25) is 4.79 Å². The lowest BCUT2D eigenvalue weighted by Crippen LogP contribution is -2.38. The normalized spacial score (nSPS) is 21.1. The van der Waals surface area contributed by atoms with Gasteiger partial charge in [0.05, 0.1) is 5.92 Å². The number of halogens is 3. The maximum absolute atomic E-state index is 12.4. The highest BCUT2D eigenvalue weighted by molar-refractivity contribution is 7.15. The number of anilines is 1. The van der Waals surface area contributed by atoms with Crippen molar-refractivity contribution in [3.05, 3.63) is 5.01 Å². The molecule has 1 aliphatic heterocycles. The van der Waals surface area contributed by atoms with Gasteiger partial charge in [-0.05, 0) is 12.8 Å². The molecule has 0 radical (unpaired) electrons. The number of hydrogen-bond donors (Lipinski definition) is 1. The molecule has 0 aromatic carbocycles. The second kappa shape index (κ2) is 4.71. The minimum absolute atomic E-state index is 0.133. The van der Waals surface area contributed by atoms with E-state index in [4.69, 9.17) is 5.11 Å². The van der Waals surface area contributed by atoms with E-state index in [1.54, 1.807) is 4.90 Å². The standard InChI is InChI=1S/C9H10F3N3O2S/c10-9(11,12)7-13-14-8(18-7)15-3-1-2-5(4-15)6(16)17/h5H,1-4H2,(H,16,17). The van der Waals surface area contributed by atoms with Crippen molar-refractivity contribution in [2.75, 3.05) is 18.0 Å². The Hall–Kier alpha value is -1.38. The van der Waals surface area contributed by atoms with Gasteiger partial charge < -0.3 is 10.0 Å². The first kappa shape index (κ1) is 13.1. The van der Waals surface area contributed by atoms with Crippen molar-refractivity contribution in [1.29, 1.82) is 0 Å². The van der Waals surface area contributed by atoms with E-state index in [2.05, 4.69) is 10.2 Å². The molecule has 5 nitrogen and oxygen atoms in total. The van der Waals surface area contributed by atoms with Crippen molar-refractivity contribution in [2.45, 2.75) is 19.0 Å². The minimum atomic E-state index is -4.50. The van der Waals surface area contributed by atoms with Crippen molar-refractivity contribution < 1.29 is 23.1 Å². The molecule has 1 aromatic rings. The van der Waals surface area contributed by atoms with Gasteiger partial charge >= 0.3 is 12.1 Å². The number of carboxylic acid groups (broad SMARTS) is 1. The zero-order valence-corrected chi connectivity index (χ0v) is 9.96. The first-order valence-electron chi connectivity index (χ1n) is 5.26. The van der Waals surface area contributed by atoms with E-state index in [9.17, 15) is 18.0 Å². The predicted molar refractivity (Wildman–Crippen MR) is 57.5 cm³/mol. The van der Waals surface area contributed by atoms with Crippen LogP contribution in [0.25, 0.3) is 0 Å². The quantitative estimate of drug-likeness (QED) is 0.896. The monoisotopic (exact) mass is 281 g/mol. The fourth-order valence-electron chi connectivity index (χ4n) is 1.81. The summed E-state index contributed by atoms with van der Waals surface area (Å²) in [6, 6.07) is 0. The molecule has 1 atom stereocenters. The lowest BCUT2D eigenvalue weighted by atomic mass is 9.99. The number of alkyl halides is 3. The van der Waals surface area contributed by atoms with Crippen molar-refractivity contribution in [1.82, 2.24) is 10.2 Å². The van der Waals surface area contributed by atoms with Gasteiger partial charge in [-0.1, -0.05) is 11.3 Å². The molecule has 0 bridgehead atoms. The fourth-order valence-corrected chi connectivity index (χ4v) is 2.56. The lowest BCUT2D eigenvalue weighted by Gasteiger charge is -2.29. The highest BCUT2D eigenvalue weighted by atomic mass is 32.1. The third-order valence-electron chi connectivity index (χ3n) is 2.70. The van der Waals surface area contributed by atoms with Crippen molar-refractivity contribution in [3.63, 3.8) is 0 Å². The maximum atomic E-state index is 12.4. The Bertz CT molecular complexity index is 449. The van der Waals surface area contributed by atoms with Crippen LogP contribution in [0.1, 0.15) is 17.8 Å². The number of carboxylic acids is 1. The minimum Gasteiger partial charge on any atom is -0.481 e. The van der Waals surface area contributed by atoms with Crippen LogP contribution in [0.5, 0.6) is 0 Å². The summed E-state index contributed by atoms with van der Waals surface area (Å²) < 4.78 is 37.1. The third kappa shape index (κ3) is 2.71. The van der Waals surface area contributed by atoms with Gasteiger partial charge in [-0.2, -0.15) is 13.2 Å². The second-order valence-electron chi connectivity index (χ2n) is 4.01. The van der Waals surface area contributed by atoms with Crippen LogP contribution in [0.15, 0.2) is 0 Å². The Labute approximate surface area is 104 Å². The Kier molecular flexibility index (Phi) is 3.42. The summed E-state index contributed by atoms with van der Waals surface area (Å²) in [7, 11) is 0. The molecular formula is C9H10F3N3O2S. The molecule has 1 saturated heterocycles. The molecule has 100 valence electrons. The van der Waals surface area contributed by atoms with Gasteiger partial charge in [0, 0.05) is 13.1 Å². The molecule has 0 spiro atoms. The summed E-state index contributed by atoms with van der Waals surface area (Å²) in [5.41, 5.74) is 0. The first-order valence-corrected chi connectivity index (χ1v) is 6.08. The molecule has 18 heavy (non-hydrogen) atoms. The molecule has 2 heterocycles. The summed E-state index contributed by atoms with van der Waals surface area (Å²) in [5, 5.41) is 14.6. The van der Waals surface area contributed by atoms with Crippen molar-refractivity contribution >= 4 is 22.4 Å². The van der Waals surface area contributed by atoms with E-state index in [1.165, 1.54) is 0 Å². The van der Waals surface area contributed by atoms with Crippen LogP contribution in [-0.4, -0.2) is 34.4 Å². The average molecular weight is 281 g/mol. The van der Waals surface area contributed by atoms with E-state index >= 15 is 0 Å². The smallest absolute Gasteiger partial charge is 0.445 e. The summed E-state index contributed by atoms with van der Waals surface area (Å²) in [5.74, 6) is -1.49. The maximum Gasteiger partial charge on any atom is 0.445 e. The highest BCUT2D eigenvalue weighted by Gasteiger charge is 2.37. The molecule has 9 heteroatoms. The number of carbonyl (C=O) groups is 1. The largest absolute Gasteiger partial charge is 0.481 e. The van der Waals surface area contributed by atoms with Crippen molar-refractivity contribution in [3.8, 4) is 0 Å². The van der Waals surface area contributed by atoms with Gasteiger partial charge in [-0.15, -0.1) is 10.2 Å². The van der Waals surface area contributed by atoms with Crippen LogP contribution in [0, 0.1) is 5.92 Å². The van der Waals surface area contributed by atoms with Gasteiger partial charge in [0.25, 0.3) is 0 Å². The van der Waals surface area contributed by atoms with Gasteiger partial charge in [-0.25, -0.2) is 0 Å². The summed E-state index contributed by atoms with van der Waals surface area (Å²) in [6.07, 6.45) is -3.34. The zero-order chi connectivity index (χ0) is 13.3. The Morgan fingerprint density at radius 3 is 2.72 bits per heavy atom. The Balaban J connectivity index is 2.12. The number of piperidine rings is 1. The van der Waals surface area contributed by atoms with Crippen LogP contribution in [0.3, 0.4) is 0 Å². The van der Waals surface area contributed by atoms with E-state index < -0.39 is 23.1 Å². The van der Waals surface area contributed by atoms with E-state index in [1.807, 2.05) is 0 Å². The Morgan fingerprint density at radius 2 is 2.17 bits per heavy atom. The van der Waals surface area contributed by atoms with Gasteiger partial charge in [0.15, 0.2) is 0 Å². The van der Waals surface area contributed by atoms with Crippen LogP contribution in [-0.2, 0) is 11.0 Å². The van der Waals surface area contributed by atoms with Gasteiger partial charge in [0.2, 0.25) is 10.1 Å². The predicted octanol–water partition coefficient (Wildman–Crippen LogP) is 1.86. The Morgan fingerprint density at radius 1 is 1.44 bits per heavy atom. The average Bonchev–Trinajstić information content (AvgIpc) is 2.78. The molecule has 1 fully saturated rings. The summed E-state index contributed by atoms with van der Waals surface area (Å²) in [6.45, 7) is 0.693. The summed E-state index contributed by atoms with van der Waals surface area (Å²) >= 11 is 0.446. The number of hydrogen-bond acceptors (Lipinski definition) is 5. The number of rotatable bonds is 2. The van der Waals surface area contributed by atoms with E-state index in [0.717, 1.165) is 0 Å². The molecule has 1 aromatic heterocycles. The molecule has 0 saturated carbocycles. The van der Waals surface area contributed by atoms with Gasteiger partial charge in [0.1, 0.15) is 0 Å². The third-order valence-corrected chi connectivity index (χ3v) is 3.73. The topological polar surface area (TPSA) is 66.3 Å². The molecule has 1 unspecified atom stereocenters. The zero-order valence-electron chi connectivity index (χ0n) is 9.15. The molecule has 1 aliphatic rings. The highest BCUT2D eigenvalue weighted by Crippen LogP contribution is 2.35. The first-order chi connectivity index (χ1) is 8.38. The molecular weight excluding hydrogens is 271 g/mol. The van der Waals surface area contributed by atoms with Crippen LogP contribution < -0.4 is 4.90 Å². The second-order valence-corrected chi connectivity index (χ2v) is 4.97. The number of aliphatic carboxylic acids is 1.